The van der Waals surface area contributed by atoms with Gasteiger partial charge in [-0.1, -0.05) is 0 Å². The van der Waals surface area contributed by atoms with Crippen LogP contribution in [0.5, 0.6) is 0 Å². The van der Waals surface area contributed by atoms with Crippen molar-refractivity contribution in [1.29, 1.82) is 15.8 Å². The summed E-state index contributed by atoms with van der Waals surface area (Å²) in [5.74, 6) is 0.326. The summed E-state index contributed by atoms with van der Waals surface area (Å²) in [7, 11) is 0. The molecule has 0 aliphatic heterocycles. The van der Waals surface area contributed by atoms with E-state index in [0.29, 0.717) is 18.5 Å². The molecular formula is C14H14N6. The molecule has 2 fully saturated rings. The average molecular weight is 266 g/mol. The van der Waals surface area contributed by atoms with Gasteiger partial charge in [0.25, 0.3) is 0 Å². The van der Waals surface area contributed by atoms with Crippen LogP contribution in [0.1, 0.15) is 37.1 Å². The van der Waals surface area contributed by atoms with Gasteiger partial charge in [0, 0.05) is 6.04 Å². The molecular weight excluding hydrogens is 252 g/mol. The molecule has 1 aromatic heterocycles. The first kappa shape index (κ1) is 12.7. The van der Waals surface area contributed by atoms with Crippen LogP contribution in [0.3, 0.4) is 0 Å². The Hall–Kier alpha value is -2.36. The summed E-state index contributed by atoms with van der Waals surface area (Å²) in [6, 6.07) is 6.76. The topological polar surface area (TPSA) is 101 Å². The summed E-state index contributed by atoms with van der Waals surface area (Å²) >= 11 is 0. The highest BCUT2D eigenvalue weighted by molar-refractivity contribution is 5.36. The number of hydrogen-bond donors (Lipinski definition) is 1. The molecule has 1 heterocycles. The van der Waals surface area contributed by atoms with Crippen molar-refractivity contribution in [1.82, 2.24) is 14.9 Å². The van der Waals surface area contributed by atoms with Crippen LogP contribution in [0.25, 0.3) is 0 Å². The molecule has 0 spiro atoms. The number of nitrogens with one attached hydrogen (secondary N) is 1. The van der Waals surface area contributed by atoms with Gasteiger partial charge in [-0.05, 0) is 31.6 Å². The minimum absolute atomic E-state index is 0.126. The van der Waals surface area contributed by atoms with Crippen molar-refractivity contribution >= 4 is 0 Å². The molecule has 0 radical (unpaired) electrons. The quantitative estimate of drug-likeness (QED) is 0.858. The maximum absolute atomic E-state index is 9.66. The zero-order valence-corrected chi connectivity index (χ0v) is 11.0. The number of rotatable bonds is 5. The summed E-state index contributed by atoms with van der Waals surface area (Å²) in [4.78, 5) is 3.94. The van der Waals surface area contributed by atoms with Crippen molar-refractivity contribution in [3.8, 4) is 18.2 Å². The SMILES string of the molecule is N#Cc1ncn(CC(C#N)(NC2CC2)C2CC2)c1C#N. The van der Waals surface area contributed by atoms with Gasteiger partial charge in [0.2, 0.25) is 0 Å². The van der Waals surface area contributed by atoms with Gasteiger partial charge in [0.15, 0.2) is 11.4 Å². The van der Waals surface area contributed by atoms with Crippen LogP contribution in [0.15, 0.2) is 6.33 Å². The van der Waals surface area contributed by atoms with E-state index in [1.54, 1.807) is 4.57 Å². The second-order valence-corrected chi connectivity index (χ2v) is 5.57. The Kier molecular flexibility index (Phi) is 2.93. The highest BCUT2D eigenvalue weighted by Gasteiger charge is 2.48. The van der Waals surface area contributed by atoms with Gasteiger partial charge in [0.05, 0.1) is 18.9 Å². The van der Waals surface area contributed by atoms with Crippen LogP contribution in [-0.4, -0.2) is 21.1 Å². The normalized spacial score (nSPS) is 20.4. The fourth-order valence-electron chi connectivity index (χ4n) is 2.59. The largest absolute Gasteiger partial charge is 0.318 e. The lowest BCUT2D eigenvalue weighted by molar-refractivity contribution is 0.313. The number of aromatic nitrogens is 2. The monoisotopic (exact) mass is 266 g/mol. The zero-order valence-electron chi connectivity index (χ0n) is 11.0. The number of imidazole rings is 1. The zero-order chi connectivity index (χ0) is 14.2. The van der Waals surface area contributed by atoms with Gasteiger partial charge < -0.3 is 4.57 Å². The van der Waals surface area contributed by atoms with E-state index in [1.165, 1.54) is 6.33 Å². The molecule has 2 aliphatic carbocycles. The summed E-state index contributed by atoms with van der Waals surface area (Å²) < 4.78 is 1.63. The first-order valence-electron chi connectivity index (χ1n) is 6.76. The van der Waals surface area contributed by atoms with Gasteiger partial charge in [-0.2, -0.15) is 15.8 Å². The summed E-state index contributed by atoms with van der Waals surface area (Å²) in [5.41, 5.74) is -0.271. The Morgan fingerprint density at radius 1 is 1.25 bits per heavy atom. The molecule has 0 bridgehead atoms. The highest BCUT2D eigenvalue weighted by atomic mass is 15.1. The van der Waals surface area contributed by atoms with E-state index in [0.717, 1.165) is 25.7 Å². The van der Waals surface area contributed by atoms with Crippen LogP contribution < -0.4 is 5.32 Å². The summed E-state index contributed by atoms with van der Waals surface area (Å²) in [6.07, 6.45) is 5.77. The second-order valence-electron chi connectivity index (χ2n) is 5.57. The number of hydrogen-bond acceptors (Lipinski definition) is 5. The molecule has 1 unspecified atom stereocenters. The highest BCUT2D eigenvalue weighted by Crippen LogP contribution is 2.42. The van der Waals surface area contributed by atoms with Crippen molar-refractivity contribution in [2.75, 3.05) is 0 Å². The van der Waals surface area contributed by atoms with Crippen LogP contribution in [0.2, 0.25) is 0 Å². The Bertz CT molecular complexity index is 647. The van der Waals surface area contributed by atoms with Crippen molar-refractivity contribution < 1.29 is 0 Å². The van der Waals surface area contributed by atoms with E-state index < -0.39 is 5.54 Å². The lowest BCUT2D eigenvalue weighted by Crippen LogP contribution is -2.50. The van der Waals surface area contributed by atoms with E-state index in [2.05, 4.69) is 16.4 Å². The van der Waals surface area contributed by atoms with E-state index >= 15 is 0 Å². The van der Waals surface area contributed by atoms with Gasteiger partial charge >= 0.3 is 0 Å². The first-order chi connectivity index (χ1) is 9.72. The molecule has 20 heavy (non-hydrogen) atoms. The molecule has 6 nitrogen and oxygen atoms in total. The predicted molar refractivity (Wildman–Crippen MR) is 68.9 cm³/mol. The van der Waals surface area contributed by atoms with E-state index in [-0.39, 0.29) is 11.4 Å². The van der Waals surface area contributed by atoms with Crippen molar-refractivity contribution in [2.45, 2.75) is 43.8 Å². The fourth-order valence-corrected chi connectivity index (χ4v) is 2.59. The van der Waals surface area contributed by atoms with Crippen LogP contribution >= 0.6 is 0 Å². The van der Waals surface area contributed by atoms with Gasteiger partial charge in [-0.15, -0.1) is 0 Å². The number of nitrogens with zero attached hydrogens (tertiary/aromatic N) is 5. The average Bonchev–Trinajstić information content (AvgIpc) is 3.36. The van der Waals surface area contributed by atoms with Crippen molar-refractivity contribution in [2.24, 2.45) is 5.92 Å². The van der Waals surface area contributed by atoms with Gasteiger partial charge in [0.1, 0.15) is 17.7 Å². The molecule has 6 heteroatoms. The van der Waals surface area contributed by atoms with Crippen LogP contribution in [0, 0.1) is 39.9 Å². The third-order valence-corrected chi connectivity index (χ3v) is 3.98. The predicted octanol–water partition coefficient (Wildman–Crippen LogP) is 1.05. The second kappa shape index (κ2) is 4.63. The maximum atomic E-state index is 9.66. The summed E-state index contributed by atoms with van der Waals surface area (Å²) in [5, 5.41) is 31.2. The number of nitriles is 3. The van der Waals surface area contributed by atoms with E-state index in [9.17, 15) is 10.5 Å². The lowest BCUT2D eigenvalue weighted by atomic mass is 9.94. The molecule has 1 N–H and O–H groups in total. The molecule has 0 saturated heterocycles. The lowest BCUT2D eigenvalue weighted by Gasteiger charge is -2.28. The molecule has 2 aliphatic rings. The van der Waals surface area contributed by atoms with Crippen molar-refractivity contribution in [3.63, 3.8) is 0 Å². The molecule has 1 aromatic rings. The fraction of sp³-hybridized carbons (Fsp3) is 0.571. The summed E-state index contributed by atoms with van der Waals surface area (Å²) in [6.45, 7) is 0.377. The molecule has 3 rings (SSSR count). The van der Waals surface area contributed by atoms with E-state index in [1.807, 2.05) is 12.1 Å². The van der Waals surface area contributed by atoms with Crippen LogP contribution in [-0.2, 0) is 6.54 Å². The minimum atomic E-state index is -0.639. The van der Waals surface area contributed by atoms with Crippen molar-refractivity contribution in [3.05, 3.63) is 17.7 Å². The third kappa shape index (κ3) is 2.13. The van der Waals surface area contributed by atoms with Gasteiger partial charge in [-0.3, -0.25) is 5.32 Å². The molecule has 100 valence electrons. The first-order valence-corrected chi connectivity index (χ1v) is 6.76. The molecule has 2 saturated carbocycles. The van der Waals surface area contributed by atoms with E-state index in [4.69, 9.17) is 5.26 Å². The van der Waals surface area contributed by atoms with Gasteiger partial charge in [-0.25, -0.2) is 4.98 Å². The Morgan fingerprint density at radius 2 is 2.00 bits per heavy atom. The minimum Gasteiger partial charge on any atom is -0.318 e. The van der Waals surface area contributed by atoms with Crippen LogP contribution in [0.4, 0.5) is 0 Å². The standard InChI is InChI=1S/C14H14N6/c15-5-12-13(6-16)20(9-18-12)8-14(7-17,10-1-2-10)19-11-3-4-11/h9-11,19H,1-4,8H2. The molecule has 1 atom stereocenters. The Labute approximate surface area is 117 Å². The third-order valence-electron chi connectivity index (χ3n) is 3.98. The Morgan fingerprint density at radius 3 is 2.50 bits per heavy atom. The Balaban J connectivity index is 1.90. The molecule has 0 aromatic carbocycles. The maximum Gasteiger partial charge on any atom is 0.176 e. The smallest absolute Gasteiger partial charge is 0.176 e. The molecule has 0 amide bonds.